The Kier molecular flexibility index (Phi) is 2.75. The summed E-state index contributed by atoms with van der Waals surface area (Å²) in [5.74, 6) is 0. The van der Waals surface area contributed by atoms with Gasteiger partial charge in [-0.15, -0.1) is 0 Å². The fraction of sp³-hybridized carbons (Fsp3) is 1.00. The summed E-state index contributed by atoms with van der Waals surface area (Å²) in [6, 6.07) is 0. The zero-order valence-electron chi connectivity index (χ0n) is 8.58. The Hall–Kier alpha value is 0.278. The average Bonchev–Trinajstić information content (AvgIpc) is 1.93. The van der Waals surface area contributed by atoms with E-state index in [9.17, 15) is 11.9 Å². The van der Waals surface area contributed by atoms with E-state index >= 15 is 0 Å². The van der Waals surface area contributed by atoms with Crippen molar-refractivity contribution in [1.82, 2.24) is 0 Å². The molecule has 1 rings (SSSR count). The van der Waals surface area contributed by atoms with E-state index in [0.717, 1.165) is 19.3 Å². The fourth-order valence-corrected chi connectivity index (χ4v) is 5.02. The van der Waals surface area contributed by atoms with Gasteiger partial charge in [0, 0.05) is 0 Å². The minimum atomic E-state index is -4.61. The molecule has 0 amide bonds. The Morgan fingerprint density at radius 1 is 1.08 bits per heavy atom. The number of hydrogen-bond acceptors (Lipinski definition) is 1. The van der Waals surface area contributed by atoms with Gasteiger partial charge in [0.05, 0.1) is 0 Å². The molecule has 1 unspecified atom stereocenters. The predicted octanol–water partition coefficient (Wildman–Crippen LogP) is 1.70. The molecular formula is C9H19AsO3. The van der Waals surface area contributed by atoms with Crippen LogP contribution in [0.25, 0.3) is 0 Å². The molecule has 0 heterocycles. The maximum absolute atomic E-state index is 11.5. The first-order valence-electron chi connectivity index (χ1n) is 4.76. The first-order valence-corrected chi connectivity index (χ1v) is 8.15. The van der Waals surface area contributed by atoms with Crippen molar-refractivity contribution >= 4 is 14.2 Å². The van der Waals surface area contributed by atoms with Crippen LogP contribution >= 0.6 is 0 Å². The molecule has 0 aromatic rings. The van der Waals surface area contributed by atoms with Gasteiger partial charge in [0.1, 0.15) is 0 Å². The standard InChI is InChI=1S/C9H19AsO3/c1-8(2)6-4-5-7-9(8,3)10(11,12)13/h4-7H2,1-3H3,(H2,11,12,13). The summed E-state index contributed by atoms with van der Waals surface area (Å²) in [7, 11) is 0. The van der Waals surface area contributed by atoms with E-state index in [4.69, 9.17) is 0 Å². The van der Waals surface area contributed by atoms with E-state index in [1.165, 1.54) is 0 Å². The summed E-state index contributed by atoms with van der Waals surface area (Å²) in [5, 5.41) is 0. The van der Waals surface area contributed by atoms with Gasteiger partial charge in [0.2, 0.25) is 0 Å². The van der Waals surface area contributed by atoms with E-state index in [-0.39, 0.29) is 5.41 Å². The van der Waals surface area contributed by atoms with Crippen molar-refractivity contribution in [2.75, 3.05) is 0 Å². The molecule has 13 heavy (non-hydrogen) atoms. The molecule has 0 bridgehead atoms. The first kappa shape index (κ1) is 11.4. The molecule has 0 saturated heterocycles. The normalized spacial score (nSPS) is 34.5. The summed E-state index contributed by atoms with van der Waals surface area (Å²) in [5.41, 5.74) is -0.219. The van der Waals surface area contributed by atoms with E-state index in [1.54, 1.807) is 6.92 Å². The van der Waals surface area contributed by atoms with Gasteiger partial charge in [-0.25, -0.2) is 0 Å². The monoisotopic (exact) mass is 250 g/mol. The Bertz CT molecular complexity index is 243. The van der Waals surface area contributed by atoms with Crippen molar-refractivity contribution in [1.29, 1.82) is 0 Å². The zero-order valence-corrected chi connectivity index (χ0v) is 10.5. The van der Waals surface area contributed by atoms with Gasteiger partial charge in [0.25, 0.3) is 0 Å². The van der Waals surface area contributed by atoms with E-state index in [0.29, 0.717) is 6.42 Å². The fourth-order valence-electron chi connectivity index (χ4n) is 2.18. The van der Waals surface area contributed by atoms with Gasteiger partial charge in [-0.2, -0.15) is 0 Å². The van der Waals surface area contributed by atoms with E-state index in [2.05, 4.69) is 0 Å². The Balaban J connectivity index is 3.05. The molecule has 1 fully saturated rings. The summed E-state index contributed by atoms with van der Waals surface area (Å²) in [4.78, 5) is 0. The van der Waals surface area contributed by atoms with Gasteiger partial charge in [-0.3, -0.25) is 0 Å². The second-order valence-corrected chi connectivity index (χ2v) is 9.26. The topological polar surface area (TPSA) is 57.5 Å². The van der Waals surface area contributed by atoms with Crippen molar-refractivity contribution in [3.8, 4) is 0 Å². The zero-order chi connectivity index (χ0) is 10.3. The molecule has 0 radical (unpaired) electrons. The molecule has 78 valence electrons. The summed E-state index contributed by atoms with van der Waals surface area (Å²) in [6.45, 7) is 5.71. The van der Waals surface area contributed by atoms with Crippen molar-refractivity contribution < 1.29 is 11.9 Å². The average molecular weight is 250 g/mol. The molecule has 1 aliphatic rings. The first-order chi connectivity index (χ1) is 5.71. The van der Waals surface area contributed by atoms with Gasteiger partial charge >= 0.3 is 82.2 Å². The molecule has 1 atom stereocenters. The third kappa shape index (κ3) is 1.74. The molecule has 0 aliphatic heterocycles. The predicted molar refractivity (Wildman–Crippen MR) is 51.5 cm³/mol. The molecule has 1 saturated carbocycles. The molecular weight excluding hydrogens is 231 g/mol. The van der Waals surface area contributed by atoms with Crippen molar-refractivity contribution in [3.63, 3.8) is 0 Å². The summed E-state index contributed by atoms with van der Waals surface area (Å²) < 4.78 is 29.5. The Morgan fingerprint density at radius 2 is 1.54 bits per heavy atom. The second-order valence-electron chi connectivity index (χ2n) is 4.91. The van der Waals surface area contributed by atoms with Crippen LogP contribution in [0.1, 0.15) is 46.5 Å². The summed E-state index contributed by atoms with van der Waals surface area (Å²) >= 11 is -4.61. The third-order valence-electron chi connectivity index (χ3n) is 3.82. The van der Waals surface area contributed by atoms with Gasteiger partial charge in [0.15, 0.2) is 0 Å². The quantitative estimate of drug-likeness (QED) is 0.696. The SMILES string of the molecule is CC1(C)CCCCC1(C)[As](=O)(O)O. The summed E-state index contributed by atoms with van der Waals surface area (Å²) in [6.07, 6.45) is 3.64. The molecule has 3 nitrogen and oxygen atoms in total. The second kappa shape index (κ2) is 3.15. The van der Waals surface area contributed by atoms with Gasteiger partial charge < -0.3 is 0 Å². The van der Waals surface area contributed by atoms with Crippen LogP contribution in [-0.4, -0.2) is 22.4 Å². The van der Waals surface area contributed by atoms with Crippen LogP contribution < -0.4 is 0 Å². The Morgan fingerprint density at radius 3 is 1.85 bits per heavy atom. The van der Waals surface area contributed by atoms with Crippen molar-refractivity contribution in [3.05, 3.63) is 0 Å². The molecule has 1 aliphatic carbocycles. The van der Waals surface area contributed by atoms with E-state index in [1.807, 2.05) is 13.8 Å². The van der Waals surface area contributed by atoms with Crippen LogP contribution in [0.5, 0.6) is 0 Å². The Labute approximate surface area is 82.5 Å². The number of hydrogen-bond donors (Lipinski definition) is 2. The van der Waals surface area contributed by atoms with Crippen LogP contribution in [0.3, 0.4) is 0 Å². The van der Waals surface area contributed by atoms with Crippen LogP contribution in [0.2, 0.25) is 4.20 Å². The van der Waals surface area contributed by atoms with Gasteiger partial charge in [-0.1, -0.05) is 0 Å². The van der Waals surface area contributed by atoms with Crippen LogP contribution in [0, 0.1) is 5.41 Å². The van der Waals surface area contributed by atoms with Crippen molar-refractivity contribution in [2.24, 2.45) is 5.41 Å². The molecule has 0 spiro atoms. The molecule has 0 aromatic heterocycles. The number of rotatable bonds is 1. The third-order valence-corrected chi connectivity index (χ3v) is 8.25. The van der Waals surface area contributed by atoms with Crippen molar-refractivity contribution in [2.45, 2.75) is 50.7 Å². The maximum atomic E-state index is 11.5. The minimum absolute atomic E-state index is 0.219. The van der Waals surface area contributed by atoms with E-state index < -0.39 is 18.4 Å². The van der Waals surface area contributed by atoms with Crippen LogP contribution in [0.15, 0.2) is 0 Å². The van der Waals surface area contributed by atoms with Crippen LogP contribution in [0.4, 0.5) is 0 Å². The molecule has 2 N–H and O–H groups in total. The molecule has 4 heteroatoms. The molecule has 0 aromatic carbocycles. The van der Waals surface area contributed by atoms with Gasteiger partial charge in [-0.05, 0) is 0 Å². The van der Waals surface area contributed by atoms with Crippen LogP contribution in [-0.2, 0) is 3.74 Å².